The van der Waals surface area contributed by atoms with E-state index in [1.807, 2.05) is 10.9 Å². The van der Waals surface area contributed by atoms with Crippen LogP contribution in [0.5, 0.6) is 0 Å². The van der Waals surface area contributed by atoms with E-state index in [0.717, 1.165) is 12.8 Å². The zero-order valence-corrected chi connectivity index (χ0v) is 13.6. The van der Waals surface area contributed by atoms with Crippen LogP contribution >= 0.6 is 0 Å². The molecule has 3 rings (SSSR count). The number of sulfonamides is 1. The van der Waals surface area contributed by atoms with Gasteiger partial charge in [0.2, 0.25) is 10.0 Å². The van der Waals surface area contributed by atoms with Gasteiger partial charge in [-0.1, -0.05) is 5.16 Å². The predicted octanol–water partition coefficient (Wildman–Crippen LogP) is 1.35. The van der Waals surface area contributed by atoms with Gasteiger partial charge in [0.05, 0.1) is 12.7 Å². The maximum Gasteiger partial charge on any atom is 0.246 e. The third-order valence-corrected chi connectivity index (χ3v) is 5.70. The summed E-state index contributed by atoms with van der Waals surface area (Å²) in [5.74, 6) is 0.307. The van der Waals surface area contributed by atoms with Crippen LogP contribution in [-0.4, -0.2) is 29.9 Å². The Labute approximate surface area is 129 Å². The topological polar surface area (TPSA) is 90.0 Å². The van der Waals surface area contributed by atoms with Crippen LogP contribution in [-0.2, 0) is 29.4 Å². The first-order valence-electron chi connectivity index (χ1n) is 7.45. The maximum atomic E-state index is 12.3. The van der Waals surface area contributed by atoms with Crippen molar-refractivity contribution >= 4 is 10.0 Å². The molecule has 0 atom stereocenters. The standard InChI is InChI=1S/C14H20N4O3S/c1-10-14(11(2)21-17-10)22(19,20)16-7-8-18-13-6-4-3-5-12(13)9-15-18/h9,16H,3-8H2,1-2H3. The molecule has 22 heavy (non-hydrogen) atoms. The molecule has 0 aliphatic heterocycles. The van der Waals surface area contributed by atoms with Crippen LogP contribution in [0.2, 0.25) is 0 Å². The van der Waals surface area contributed by atoms with Crippen molar-refractivity contribution < 1.29 is 12.9 Å². The van der Waals surface area contributed by atoms with E-state index in [-0.39, 0.29) is 4.90 Å². The third-order valence-electron chi connectivity index (χ3n) is 4.00. The molecule has 2 heterocycles. The highest BCUT2D eigenvalue weighted by Crippen LogP contribution is 2.21. The molecule has 2 aromatic rings. The SMILES string of the molecule is Cc1noc(C)c1S(=O)(=O)NCCn1ncc2c1CCCC2. The quantitative estimate of drug-likeness (QED) is 0.896. The summed E-state index contributed by atoms with van der Waals surface area (Å²) in [6.07, 6.45) is 6.37. The van der Waals surface area contributed by atoms with Gasteiger partial charge in [-0.15, -0.1) is 0 Å². The van der Waals surface area contributed by atoms with E-state index in [1.165, 1.54) is 24.1 Å². The van der Waals surface area contributed by atoms with Crippen LogP contribution in [0.4, 0.5) is 0 Å². The van der Waals surface area contributed by atoms with Crippen LogP contribution in [0.25, 0.3) is 0 Å². The van der Waals surface area contributed by atoms with E-state index in [9.17, 15) is 8.42 Å². The lowest BCUT2D eigenvalue weighted by Crippen LogP contribution is -2.29. The highest BCUT2D eigenvalue weighted by atomic mass is 32.2. The van der Waals surface area contributed by atoms with Crippen LogP contribution < -0.4 is 4.72 Å². The fourth-order valence-electron chi connectivity index (χ4n) is 2.96. The van der Waals surface area contributed by atoms with Crippen molar-refractivity contribution in [1.82, 2.24) is 19.7 Å². The zero-order valence-electron chi connectivity index (χ0n) is 12.8. The second-order valence-electron chi connectivity index (χ2n) is 5.60. The predicted molar refractivity (Wildman–Crippen MR) is 80.0 cm³/mol. The minimum atomic E-state index is -3.60. The molecular formula is C14H20N4O3S. The van der Waals surface area contributed by atoms with Gasteiger partial charge in [-0.25, -0.2) is 13.1 Å². The summed E-state index contributed by atoms with van der Waals surface area (Å²) >= 11 is 0. The summed E-state index contributed by atoms with van der Waals surface area (Å²) in [5.41, 5.74) is 2.91. The first-order valence-corrected chi connectivity index (χ1v) is 8.93. The molecule has 0 radical (unpaired) electrons. The third kappa shape index (κ3) is 2.80. The Morgan fingerprint density at radius 2 is 2.09 bits per heavy atom. The smallest absolute Gasteiger partial charge is 0.246 e. The Balaban J connectivity index is 1.67. The van der Waals surface area contributed by atoms with Crippen molar-refractivity contribution in [2.24, 2.45) is 0 Å². The Morgan fingerprint density at radius 3 is 2.82 bits per heavy atom. The number of rotatable bonds is 5. The second kappa shape index (κ2) is 5.85. The Bertz CT molecular complexity index is 757. The lowest BCUT2D eigenvalue weighted by atomic mass is 9.98. The van der Waals surface area contributed by atoms with Crippen molar-refractivity contribution in [3.8, 4) is 0 Å². The van der Waals surface area contributed by atoms with E-state index in [0.29, 0.717) is 24.5 Å². The number of hydrogen-bond acceptors (Lipinski definition) is 5. The molecule has 7 nitrogen and oxygen atoms in total. The van der Waals surface area contributed by atoms with Gasteiger partial charge in [-0.2, -0.15) is 5.10 Å². The van der Waals surface area contributed by atoms with E-state index in [1.54, 1.807) is 13.8 Å². The molecule has 0 unspecified atom stereocenters. The van der Waals surface area contributed by atoms with E-state index < -0.39 is 10.0 Å². The molecule has 0 spiro atoms. The molecule has 0 saturated carbocycles. The Morgan fingerprint density at radius 1 is 1.32 bits per heavy atom. The van der Waals surface area contributed by atoms with E-state index >= 15 is 0 Å². The number of nitrogens with zero attached hydrogens (tertiary/aromatic N) is 3. The molecule has 1 aliphatic rings. The van der Waals surface area contributed by atoms with E-state index in [4.69, 9.17) is 4.52 Å². The van der Waals surface area contributed by atoms with Gasteiger partial charge in [0.25, 0.3) is 0 Å². The van der Waals surface area contributed by atoms with Crippen LogP contribution in [0.15, 0.2) is 15.6 Å². The maximum absolute atomic E-state index is 12.3. The number of aryl methyl sites for hydroxylation is 3. The van der Waals surface area contributed by atoms with Gasteiger partial charge in [0.1, 0.15) is 10.6 Å². The highest BCUT2D eigenvalue weighted by molar-refractivity contribution is 7.89. The molecule has 1 aliphatic carbocycles. The lowest BCUT2D eigenvalue weighted by molar-refractivity contribution is 0.390. The zero-order chi connectivity index (χ0) is 15.7. The minimum Gasteiger partial charge on any atom is -0.360 e. The van der Waals surface area contributed by atoms with Crippen molar-refractivity contribution in [1.29, 1.82) is 0 Å². The van der Waals surface area contributed by atoms with Crippen LogP contribution in [0.1, 0.15) is 35.6 Å². The van der Waals surface area contributed by atoms with Gasteiger partial charge in [0, 0.05) is 12.2 Å². The molecule has 0 aromatic carbocycles. The minimum absolute atomic E-state index is 0.134. The summed E-state index contributed by atoms with van der Waals surface area (Å²) < 4.78 is 34.1. The van der Waals surface area contributed by atoms with Crippen LogP contribution in [0.3, 0.4) is 0 Å². The summed E-state index contributed by atoms with van der Waals surface area (Å²) in [5, 5.41) is 8.05. The summed E-state index contributed by atoms with van der Waals surface area (Å²) in [7, 11) is -3.60. The van der Waals surface area contributed by atoms with Crippen LogP contribution in [0, 0.1) is 13.8 Å². The molecule has 8 heteroatoms. The number of aromatic nitrogens is 3. The van der Waals surface area contributed by atoms with Crippen molar-refractivity contribution in [2.45, 2.75) is 51.0 Å². The van der Waals surface area contributed by atoms with E-state index in [2.05, 4.69) is 15.0 Å². The monoisotopic (exact) mass is 324 g/mol. The van der Waals surface area contributed by atoms with Gasteiger partial charge < -0.3 is 4.52 Å². The summed E-state index contributed by atoms with van der Waals surface area (Å²) in [6, 6.07) is 0. The number of nitrogens with one attached hydrogen (secondary N) is 1. The van der Waals surface area contributed by atoms with Crippen molar-refractivity contribution in [2.75, 3.05) is 6.54 Å². The molecule has 2 aromatic heterocycles. The normalized spacial score (nSPS) is 15.0. The first kappa shape index (κ1) is 15.2. The first-order chi connectivity index (χ1) is 10.5. The molecule has 0 amide bonds. The highest BCUT2D eigenvalue weighted by Gasteiger charge is 2.24. The number of hydrogen-bond donors (Lipinski definition) is 1. The molecule has 120 valence electrons. The summed E-state index contributed by atoms with van der Waals surface area (Å²) in [6.45, 7) is 4.03. The Kier molecular flexibility index (Phi) is 4.05. The molecular weight excluding hydrogens is 304 g/mol. The van der Waals surface area contributed by atoms with Crippen molar-refractivity contribution in [3.63, 3.8) is 0 Å². The molecule has 0 fully saturated rings. The lowest BCUT2D eigenvalue weighted by Gasteiger charge is -2.14. The number of fused-ring (bicyclic) bond motifs is 1. The van der Waals surface area contributed by atoms with Gasteiger partial charge >= 0.3 is 0 Å². The summed E-state index contributed by atoms with van der Waals surface area (Å²) in [4.78, 5) is 0.134. The fourth-order valence-corrected chi connectivity index (χ4v) is 4.31. The second-order valence-corrected chi connectivity index (χ2v) is 7.30. The molecule has 0 bridgehead atoms. The average molecular weight is 324 g/mol. The fraction of sp³-hybridized carbons (Fsp3) is 0.571. The molecule has 1 N–H and O–H groups in total. The van der Waals surface area contributed by atoms with Gasteiger partial charge in [0.15, 0.2) is 5.76 Å². The average Bonchev–Trinajstić information content (AvgIpc) is 3.03. The largest absolute Gasteiger partial charge is 0.360 e. The van der Waals surface area contributed by atoms with Gasteiger partial charge in [-0.05, 0) is 45.1 Å². The Hall–Kier alpha value is -1.67. The van der Waals surface area contributed by atoms with Crippen molar-refractivity contribution in [3.05, 3.63) is 28.9 Å². The van der Waals surface area contributed by atoms with Gasteiger partial charge in [-0.3, -0.25) is 4.68 Å². The molecule has 0 saturated heterocycles.